The lowest BCUT2D eigenvalue weighted by atomic mass is 10.1. The van der Waals surface area contributed by atoms with Gasteiger partial charge in [-0.1, -0.05) is 35.3 Å². The molecule has 3 aromatic rings. The van der Waals surface area contributed by atoms with Crippen LogP contribution in [0.25, 0.3) is 5.69 Å². The SMILES string of the molecule is CN(C)C(=O)c1ccccc1NS(=O)(=O)c1ccc(-n2ncc(Cl)c(Cl)c2=O)cc1. The molecular weight excluding hydrogens is 451 g/mol. The Morgan fingerprint density at radius 3 is 2.33 bits per heavy atom. The lowest BCUT2D eigenvalue weighted by molar-refractivity contribution is 0.0828. The molecule has 0 aliphatic rings. The highest BCUT2D eigenvalue weighted by Crippen LogP contribution is 2.22. The zero-order valence-corrected chi connectivity index (χ0v) is 18.2. The summed E-state index contributed by atoms with van der Waals surface area (Å²) in [7, 11) is -0.845. The van der Waals surface area contributed by atoms with Crippen molar-refractivity contribution in [3.63, 3.8) is 0 Å². The van der Waals surface area contributed by atoms with Crippen molar-refractivity contribution in [3.8, 4) is 5.69 Å². The first-order chi connectivity index (χ1) is 14.1. The number of anilines is 1. The Bertz CT molecular complexity index is 1270. The summed E-state index contributed by atoms with van der Waals surface area (Å²) in [5.74, 6) is -0.339. The summed E-state index contributed by atoms with van der Waals surface area (Å²) in [6, 6.07) is 11.7. The molecule has 1 aromatic heterocycles. The molecule has 0 saturated carbocycles. The van der Waals surface area contributed by atoms with Gasteiger partial charge >= 0.3 is 0 Å². The molecule has 2 aromatic carbocycles. The first-order valence-electron chi connectivity index (χ1n) is 8.49. The van der Waals surface area contributed by atoms with Crippen LogP contribution >= 0.6 is 23.2 Å². The third-order valence-electron chi connectivity index (χ3n) is 4.08. The summed E-state index contributed by atoms with van der Waals surface area (Å²) in [6.45, 7) is 0. The van der Waals surface area contributed by atoms with Gasteiger partial charge in [0.2, 0.25) is 0 Å². The van der Waals surface area contributed by atoms with Crippen molar-refractivity contribution in [2.24, 2.45) is 0 Å². The normalized spacial score (nSPS) is 11.2. The van der Waals surface area contributed by atoms with E-state index in [1.54, 1.807) is 26.2 Å². The second-order valence-electron chi connectivity index (χ2n) is 6.37. The largest absolute Gasteiger partial charge is 0.345 e. The minimum Gasteiger partial charge on any atom is -0.345 e. The van der Waals surface area contributed by atoms with Crippen LogP contribution in [0.5, 0.6) is 0 Å². The highest BCUT2D eigenvalue weighted by atomic mass is 35.5. The van der Waals surface area contributed by atoms with E-state index in [0.717, 1.165) is 4.68 Å². The molecular formula is C19H16Cl2N4O4S. The molecule has 0 saturated heterocycles. The highest BCUT2D eigenvalue weighted by molar-refractivity contribution is 7.92. The Morgan fingerprint density at radius 2 is 1.70 bits per heavy atom. The van der Waals surface area contributed by atoms with Crippen LogP contribution in [0.3, 0.4) is 0 Å². The van der Waals surface area contributed by atoms with Gasteiger partial charge in [0, 0.05) is 14.1 Å². The van der Waals surface area contributed by atoms with E-state index in [9.17, 15) is 18.0 Å². The number of hydrogen-bond acceptors (Lipinski definition) is 5. The molecule has 0 atom stereocenters. The molecule has 0 unspecified atom stereocenters. The van der Waals surface area contributed by atoms with Crippen molar-refractivity contribution < 1.29 is 13.2 Å². The fourth-order valence-electron chi connectivity index (χ4n) is 2.57. The van der Waals surface area contributed by atoms with E-state index in [0.29, 0.717) is 5.69 Å². The van der Waals surface area contributed by atoms with Gasteiger partial charge in [0.25, 0.3) is 21.5 Å². The predicted octanol–water partition coefficient (Wildman–Crippen LogP) is 3.04. The lowest BCUT2D eigenvalue weighted by Gasteiger charge is -2.15. The molecule has 0 spiro atoms. The molecule has 0 bridgehead atoms. The van der Waals surface area contributed by atoms with E-state index >= 15 is 0 Å². The van der Waals surface area contributed by atoms with Gasteiger partial charge < -0.3 is 4.90 Å². The number of sulfonamides is 1. The molecule has 0 fully saturated rings. The van der Waals surface area contributed by atoms with Crippen LogP contribution in [0.2, 0.25) is 10.0 Å². The minimum atomic E-state index is -3.99. The topological polar surface area (TPSA) is 101 Å². The average Bonchev–Trinajstić information content (AvgIpc) is 2.72. The highest BCUT2D eigenvalue weighted by Gasteiger charge is 2.20. The Kier molecular flexibility index (Phi) is 6.16. The van der Waals surface area contributed by atoms with Crippen LogP contribution < -0.4 is 10.3 Å². The second-order valence-corrected chi connectivity index (χ2v) is 8.84. The number of hydrogen-bond donors (Lipinski definition) is 1. The van der Waals surface area contributed by atoms with Crippen LogP contribution in [-0.4, -0.2) is 43.1 Å². The second kappa shape index (κ2) is 8.47. The molecule has 1 N–H and O–H groups in total. The van der Waals surface area contributed by atoms with E-state index < -0.39 is 15.6 Å². The zero-order chi connectivity index (χ0) is 22.1. The van der Waals surface area contributed by atoms with Gasteiger partial charge in [0.1, 0.15) is 5.02 Å². The third kappa shape index (κ3) is 4.33. The van der Waals surface area contributed by atoms with E-state index in [-0.39, 0.29) is 32.1 Å². The standard InChI is InChI=1S/C19H16Cl2N4O4S/c1-24(2)18(26)14-5-3-4-6-16(14)23-30(28,29)13-9-7-12(8-10-13)25-19(27)17(21)15(20)11-22-25/h3-11,23H,1-2H3. The Balaban J connectivity index is 1.93. The monoisotopic (exact) mass is 466 g/mol. The molecule has 8 nitrogen and oxygen atoms in total. The number of para-hydroxylation sites is 1. The van der Waals surface area contributed by atoms with Crippen molar-refractivity contribution in [2.75, 3.05) is 18.8 Å². The summed E-state index contributed by atoms with van der Waals surface area (Å²) in [4.78, 5) is 25.8. The maximum atomic E-state index is 12.8. The lowest BCUT2D eigenvalue weighted by Crippen LogP contribution is -2.24. The number of nitrogens with one attached hydrogen (secondary N) is 1. The van der Waals surface area contributed by atoms with Gasteiger partial charge in [-0.3, -0.25) is 14.3 Å². The zero-order valence-electron chi connectivity index (χ0n) is 15.8. The van der Waals surface area contributed by atoms with Crippen molar-refractivity contribution in [2.45, 2.75) is 4.90 Å². The number of nitrogens with zero attached hydrogens (tertiary/aromatic N) is 3. The molecule has 30 heavy (non-hydrogen) atoms. The maximum absolute atomic E-state index is 12.8. The van der Waals surface area contributed by atoms with Crippen molar-refractivity contribution in [3.05, 3.63) is 80.7 Å². The van der Waals surface area contributed by atoms with E-state index in [2.05, 4.69) is 9.82 Å². The number of aromatic nitrogens is 2. The van der Waals surface area contributed by atoms with E-state index in [1.807, 2.05) is 0 Å². The summed E-state index contributed by atoms with van der Waals surface area (Å²) in [6.07, 6.45) is 1.22. The Morgan fingerprint density at radius 1 is 1.07 bits per heavy atom. The molecule has 0 aliphatic carbocycles. The smallest absolute Gasteiger partial charge is 0.291 e. The van der Waals surface area contributed by atoms with Gasteiger partial charge in [-0.25, -0.2) is 8.42 Å². The first kappa shape index (κ1) is 21.8. The maximum Gasteiger partial charge on any atom is 0.291 e. The Labute approximate surface area is 182 Å². The Hall–Kier alpha value is -2.88. The minimum absolute atomic E-state index is 0.0206. The van der Waals surface area contributed by atoms with Crippen molar-refractivity contribution >= 4 is 44.8 Å². The number of rotatable bonds is 5. The quantitative estimate of drug-likeness (QED) is 0.622. The fraction of sp³-hybridized carbons (Fsp3) is 0.105. The van der Waals surface area contributed by atoms with E-state index in [4.69, 9.17) is 23.2 Å². The third-order valence-corrected chi connectivity index (χ3v) is 6.21. The molecule has 156 valence electrons. The van der Waals surface area contributed by atoms with Crippen LogP contribution in [-0.2, 0) is 10.0 Å². The van der Waals surface area contributed by atoms with Gasteiger partial charge in [-0.05, 0) is 36.4 Å². The van der Waals surface area contributed by atoms with Gasteiger partial charge in [-0.2, -0.15) is 9.78 Å². The van der Waals surface area contributed by atoms with Crippen LogP contribution in [0, 0.1) is 0 Å². The fourth-order valence-corrected chi connectivity index (χ4v) is 3.90. The van der Waals surface area contributed by atoms with Crippen LogP contribution in [0.15, 0.2) is 64.4 Å². The average molecular weight is 467 g/mol. The van der Waals surface area contributed by atoms with Crippen molar-refractivity contribution in [1.82, 2.24) is 14.7 Å². The first-order valence-corrected chi connectivity index (χ1v) is 10.7. The van der Waals surface area contributed by atoms with Crippen molar-refractivity contribution in [1.29, 1.82) is 0 Å². The molecule has 3 rings (SSSR count). The number of halogens is 2. The van der Waals surface area contributed by atoms with Gasteiger partial charge in [-0.15, -0.1) is 0 Å². The predicted molar refractivity (Wildman–Crippen MR) is 115 cm³/mol. The number of benzene rings is 2. The molecule has 0 radical (unpaired) electrons. The number of carbonyl (C=O) groups is 1. The molecule has 1 amide bonds. The van der Waals surface area contributed by atoms with Crippen LogP contribution in [0.4, 0.5) is 5.69 Å². The summed E-state index contributed by atoms with van der Waals surface area (Å²) in [5, 5.41) is 3.73. The summed E-state index contributed by atoms with van der Waals surface area (Å²) in [5.41, 5.74) is 0.0478. The summed E-state index contributed by atoms with van der Waals surface area (Å²) < 4.78 is 29.0. The molecule has 0 aliphatic heterocycles. The number of carbonyl (C=O) groups excluding carboxylic acids is 1. The van der Waals surface area contributed by atoms with Gasteiger partial charge in [0.15, 0.2) is 0 Å². The molecule has 11 heteroatoms. The molecule has 1 heterocycles. The van der Waals surface area contributed by atoms with Gasteiger partial charge in [0.05, 0.1) is 33.1 Å². The van der Waals surface area contributed by atoms with E-state index in [1.165, 1.54) is 47.5 Å². The summed E-state index contributed by atoms with van der Waals surface area (Å²) >= 11 is 11.6. The number of amides is 1. The van der Waals surface area contributed by atoms with Crippen LogP contribution in [0.1, 0.15) is 10.4 Å².